The predicted octanol–water partition coefficient (Wildman–Crippen LogP) is 5.59. The number of nitrogens with zero attached hydrogens (tertiary/aromatic N) is 3. The van der Waals surface area contributed by atoms with Crippen LogP contribution < -0.4 is 5.32 Å². The first-order chi connectivity index (χ1) is 22.1. The average molecular weight is 675 g/mol. The second-order valence-corrected chi connectivity index (χ2v) is 14.0. The van der Waals surface area contributed by atoms with Crippen LogP contribution in [0.1, 0.15) is 77.8 Å². The van der Waals surface area contributed by atoms with Gasteiger partial charge < -0.3 is 9.80 Å². The maximum atomic E-state index is 15.9. The molecule has 2 fully saturated rings. The summed E-state index contributed by atoms with van der Waals surface area (Å²) in [6.45, 7) is 3.74. The molecule has 13 heteroatoms. The number of allylic oxidation sites excluding steroid dienone is 1. The Balaban J connectivity index is 1.22. The fourth-order valence-electron chi connectivity index (χ4n) is 7.16. The molecule has 0 radical (unpaired) electrons. The SMILES string of the molecule is CC1(C)CCC(CN2CCN(C(=O)c3ccc4c(c3F)CN(C3CCC(=O)NC3=O)C4=O)C(C(F)(F)F)C2)=C(c2ccc(Cl)cc2)C1. The zero-order valence-corrected chi connectivity index (χ0v) is 26.8. The number of carbonyl (C=O) groups is 4. The van der Waals surface area contributed by atoms with E-state index in [0.29, 0.717) is 16.5 Å². The largest absolute Gasteiger partial charge is 0.410 e. The number of carbonyl (C=O) groups excluding carboxylic acids is 4. The molecule has 2 unspecified atom stereocenters. The minimum atomic E-state index is -4.78. The molecule has 47 heavy (non-hydrogen) atoms. The van der Waals surface area contributed by atoms with E-state index >= 15 is 4.39 Å². The normalized spacial score (nSPS) is 23.7. The molecule has 1 N–H and O–H groups in total. The number of rotatable bonds is 5. The molecule has 0 spiro atoms. The number of fused-ring (bicyclic) bond motifs is 1. The topological polar surface area (TPSA) is 90.0 Å². The van der Waals surface area contributed by atoms with Crippen molar-refractivity contribution in [3.05, 3.63) is 75.1 Å². The van der Waals surface area contributed by atoms with E-state index in [1.165, 1.54) is 6.07 Å². The average Bonchev–Trinajstić information content (AvgIpc) is 3.34. The summed E-state index contributed by atoms with van der Waals surface area (Å²) in [5.41, 5.74) is 2.38. The molecule has 2 aromatic carbocycles. The van der Waals surface area contributed by atoms with Gasteiger partial charge in [-0.3, -0.25) is 29.4 Å². The third kappa shape index (κ3) is 6.54. The molecular formula is C34H35ClF4N4O4. The van der Waals surface area contributed by atoms with Gasteiger partial charge in [-0.05, 0) is 66.5 Å². The first-order valence-electron chi connectivity index (χ1n) is 15.7. The van der Waals surface area contributed by atoms with Crippen LogP contribution in [0.25, 0.3) is 5.57 Å². The summed E-state index contributed by atoms with van der Waals surface area (Å²) in [6.07, 6.45) is -2.32. The Hall–Kier alpha value is -3.77. The first-order valence-corrected chi connectivity index (χ1v) is 16.0. The molecular weight excluding hydrogens is 640 g/mol. The van der Waals surface area contributed by atoms with E-state index in [2.05, 4.69) is 19.2 Å². The van der Waals surface area contributed by atoms with Gasteiger partial charge in [0.15, 0.2) is 0 Å². The Bertz CT molecular complexity index is 1670. The van der Waals surface area contributed by atoms with E-state index in [1.807, 2.05) is 12.1 Å². The van der Waals surface area contributed by atoms with E-state index in [0.717, 1.165) is 46.9 Å². The van der Waals surface area contributed by atoms with Gasteiger partial charge in [0, 0.05) is 48.7 Å². The van der Waals surface area contributed by atoms with Gasteiger partial charge >= 0.3 is 6.18 Å². The summed E-state index contributed by atoms with van der Waals surface area (Å²) < 4.78 is 59.5. The van der Waals surface area contributed by atoms with Crippen molar-refractivity contribution in [1.29, 1.82) is 0 Å². The quantitative estimate of drug-likeness (QED) is 0.330. The van der Waals surface area contributed by atoms with Gasteiger partial charge in [0.25, 0.3) is 11.8 Å². The van der Waals surface area contributed by atoms with Crippen molar-refractivity contribution in [2.75, 3.05) is 26.2 Å². The number of benzene rings is 2. The Morgan fingerprint density at radius 1 is 1.04 bits per heavy atom. The van der Waals surface area contributed by atoms with Crippen molar-refractivity contribution in [2.45, 2.75) is 70.8 Å². The highest BCUT2D eigenvalue weighted by molar-refractivity contribution is 6.30. The molecule has 250 valence electrons. The van der Waals surface area contributed by atoms with Crippen LogP contribution in [0.4, 0.5) is 17.6 Å². The highest BCUT2D eigenvalue weighted by Crippen LogP contribution is 2.44. The van der Waals surface area contributed by atoms with Crippen LogP contribution >= 0.6 is 11.6 Å². The summed E-state index contributed by atoms with van der Waals surface area (Å²) >= 11 is 6.10. The maximum absolute atomic E-state index is 15.9. The van der Waals surface area contributed by atoms with Crippen LogP contribution in [0, 0.1) is 11.2 Å². The minimum absolute atomic E-state index is 0.00523. The van der Waals surface area contributed by atoms with Gasteiger partial charge in [0.1, 0.15) is 17.9 Å². The second kappa shape index (κ2) is 12.4. The number of piperazine rings is 1. The summed E-state index contributed by atoms with van der Waals surface area (Å²) in [5, 5.41) is 2.76. The van der Waals surface area contributed by atoms with Crippen LogP contribution in [0.2, 0.25) is 5.02 Å². The number of imide groups is 1. The zero-order chi connectivity index (χ0) is 33.8. The highest BCUT2D eigenvalue weighted by atomic mass is 35.5. The summed E-state index contributed by atoms with van der Waals surface area (Å²) in [4.78, 5) is 54.1. The van der Waals surface area contributed by atoms with Crippen molar-refractivity contribution >= 4 is 40.8 Å². The maximum Gasteiger partial charge on any atom is 0.410 e. The van der Waals surface area contributed by atoms with Crippen LogP contribution in [0.5, 0.6) is 0 Å². The number of hydrogen-bond acceptors (Lipinski definition) is 5. The molecule has 2 aromatic rings. The summed E-state index contributed by atoms with van der Waals surface area (Å²) in [5.74, 6) is -4.00. The van der Waals surface area contributed by atoms with Gasteiger partial charge in [-0.1, -0.05) is 43.2 Å². The van der Waals surface area contributed by atoms with Crippen LogP contribution in [0.3, 0.4) is 0 Å². The monoisotopic (exact) mass is 674 g/mol. The third-order valence-corrected chi connectivity index (χ3v) is 10.0. The molecule has 0 saturated carbocycles. The van der Waals surface area contributed by atoms with Crippen molar-refractivity contribution < 1.29 is 36.7 Å². The van der Waals surface area contributed by atoms with E-state index in [1.54, 1.807) is 17.0 Å². The standard InChI is InChI=1S/C34H35ClF4N4O4/c1-33(2)12-11-20(24(15-33)19-3-5-21(35)6-4-19)16-41-13-14-42(27(18-41)34(37,38)39)32(47)23-8-7-22-25(29(23)36)17-43(31(22)46)26-9-10-28(44)40-30(26)45/h3-8,26-27H,9-18H2,1-2H3,(H,40,44,45). The Labute approximate surface area is 274 Å². The molecule has 0 aromatic heterocycles. The van der Waals surface area contributed by atoms with Crippen molar-refractivity contribution in [1.82, 2.24) is 20.0 Å². The Kier molecular flexibility index (Phi) is 8.71. The number of alkyl halides is 3. The van der Waals surface area contributed by atoms with Crippen LogP contribution in [-0.2, 0) is 16.1 Å². The molecule has 3 aliphatic heterocycles. The van der Waals surface area contributed by atoms with E-state index in [-0.39, 0.29) is 49.0 Å². The molecule has 3 heterocycles. The summed E-state index contributed by atoms with van der Waals surface area (Å²) in [7, 11) is 0. The lowest BCUT2D eigenvalue weighted by atomic mass is 9.72. The van der Waals surface area contributed by atoms with E-state index in [9.17, 15) is 32.3 Å². The number of halogens is 5. The molecule has 2 saturated heterocycles. The smallest absolute Gasteiger partial charge is 0.324 e. The molecule has 8 nitrogen and oxygen atoms in total. The number of amides is 4. The fourth-order valence-corrected chi connectivity index (χ4v) is 7.29. The van der Waals surface area contributed by atoms with Crippen molar-refractivity contribution in [2.24, 2.45) is 5.41 Å². The Morgan fingerprint density at radius 3 is 2.45 bits per heavy atom. The van der Waals surface area contributed by atoms with E-state index in [4.69, 9.17) is 11.6 Å². The predicted molar refractivity (Wildman–Crippen MR) is 166 cm³/mol. The van der Waals surface area contributed by atoms with Gasteiger partial charge in [-0.15, -0.1) is 0 Å². The molecule has 6 rings (SSSR count). The van der Waals surface area contributed by atoms with Gasteiger partial charge in [-0.2, -0.15) is 13.2 Å². The lowest BCUT2D eigenvalue weighted by Crippen LogP contribution is -2.61. The number of piperidine rings is 1. The Morgan fingerprint density at radius 2 is 1.77 bits per heavy atom. The van der Waals surface area contributed by atoms with Gasteiger partial charge in [0.2, 0.25) is 11.8 Å². The van der Waals surface area contributed by atoms with Gasteiger partial charge in [0.05, 0.1) is 12.1 Å². The minimum Gasteiger partial charge on any atom is -0.324 e. The van der Waals surface area contributed by atoms with E-state index < -0.39 is 59.8 Å². The molecule has 0 bridgehead atoms. The van der Waals surface area contributed by atoms with Crippen LogP contribution in [0.15, 0.2) is 42.0 Å². The molecule has 4 aliphatic rings. The highest BCUT2D eigenvalue weighted by Gasteiger charge is 2.49. The third-order valence-electron chi connectivity index (χ3n) is 9.78. The number of nitrogens with one attached hydrogen (secondary N) is 1. The molecule has 1 aliphatic carbocycles. The summed E-state index contributed by atoms with van der Waals surface area (Å²) in [6, 6.07) is 6.54. The zero-order valence-electron chi connectivity index (χ0n) is 26.1. The second-order valence-electron chi connectivity index (χ2n) is 13.6. The fraction of sp³-hybridized carbons (Fsp3) is 0.471. The first kappa shape index (κ1) is 33.1. The lowest BCUT2D eigenvalue weighted by molar-refractivity contribution is -0.188. The molecule has 4 amide bonds. The van der Waals surface area contributed by atoms with Crippen molar-refractivity contribution in [3.63, 3.8) is 0 Å². The van der Waals surface area contributed by atoms with Crippen molar-refractivity contribution in [3.8, 4) is 0 Å². The number of hydrogen-bond donors (Lipinski definition) is 1. The lowest BCUT2D eigenvalue weighted by Gasteiger charge is -2.43. The van der Waals surface area contributed by atoms with Gasteiger partial charge in [-0.25, -0.2) is 4.39 Å². The van der Waals surface area contributed by atoms with Crippen LogP contribution in [-0.4, -0.2) is 82.8 Å². The molecule has 2 atom stereocenters.